The van der Waals surface area contributed by atoms with Crippen LogP contribution in [0.25, 0.3) is 11.3 Å². The van der Waals surface area contributed by atoms with Crippen molar-refractivity contribution in [1.82, 2.24) is 10.5 Å². The van der Waals surface area contributed by atoms with Crippen LogP contribution < -0.4 is 10.1 Å². The van der Waals surface area contributed by atoms with Gasteiger partial charge in [-0.1, -0.05) is 35.0 Å². The highest BCUT2D eigenvalue weighted by atomic mass is 35.5. The predicted molar refractivity (Wildman–Crippen MR) is 129 cm³/mol. The van der Waals surface area contributed by atoms with E-state index >= 15 is 0 Å². The molecule has 3 aromatic rings. The van der Waals surface area contributed by atoms with Gasteiger partial charge >= 0.3 is 12.1 Å². The number of aromatic nitrogens is 1. The molecule has 1 aliphatic carbocycles. The largest absolute Gasteiger partial charge is 0.490 e. The Morgan fingerprint density at radius 2 is 1.94 bits per heavy atom. The SMILES string of the molecule is Cc1noc(-c2ccc(O[C@@H]3CCC[C@@H](C(=O)O)C3)cc2)c1CNC(=O)OCc1ccccc1Cl. The van der Waals surface area contributed by atoms with Gasteiger partial charge in [0.15, 0.2) is 5.76 Å². The van der Waals surface area contributed by atoms with E-state index in [4.69, 9.17) is 25.6 Å². The first-order valence-corrected chi connectivity index (χ1v) is 11.9. The minimum atomic E-state index is -0.761. The summed E-state index contributed by atoms with van der Waals surface area (Å²) in [6.07, 6.45) is 2.21. The second-order valence-electron chi connectivity index (χ2n) is 8.56. The lowest BCUT2D eigenvalue weighted by Gasteiger charge is -2.27. The number of alkyl carbamates (subject to hydrolysis) is 1. The molecule has 1 amide bonds. The van der Waals surface area contributed by atoms with Gasteiger partial charge in [0.1, 0.15) is 12.4 Å². The minimum absolute atomic E-state index is 0.0661. The number of hydrogen-bond donors (Lipinski definition) is 2. The number of rotatable bonds is 8. The number of aliphatic carboxylic acids is 1. The molecule has 184 valence electrons. The van der Waals surface area contributed by atoms with Crippen LogP contribution in [0.1, 0.15) is 42.5 Å². The summed E-state index contributed by atoms with van der Waals surface area (Å²) in [6.45, 7) is 2.05. The number of nitrogens with zero attached hydrogens (tertiary/aromatic N) is 1. The summed E-state index contributed by atoms with van der Waals surface area (Å²) in [4.78, 5) is 23.5. The van der Waals surface area contributed by atoms with Crippen molar-refractivity contribution >= 4 is 23.7 Å². The van der Waals surface area contributed by atoms with Gasteiger partial charge in [-0.05, 0) is 62.9 Å². The molecule has 0 saturated heterocycles. The van der Waals surface area contributed by atoms with Crippen LogP contribution in [0, 0.1) is 12.8 Å². The maximum atomic E-state index is 12.2. The zero-order valence-electron chi connectivity index (χ0n) is 19.3. The van der Waals surface area contributed by atoms with Crippen molar-refractivity contribution in [3.8, 4) is 17.1 Å². The topological polar surface area (TPSA) is 111 Å². The number of carboxylic acid groups (broad SMARTS) is 1. The number of halogens is 1. The number of carboxylic acids is 1. The van der Waals surface area contributed by atoms with Crippen LogP contribution in [0.5, 0.6) is 5.75 Å². The van der Waals surface area contributed by atoms with Gasteiger partial charge in [0.25, 0.3) is 0 Å². The van der Waals surface area contributed by atoms with Crippen molar-refractivity contribution in [1.29, 1.82) is 0 Å². The Morgan fingerprint density at radius 3 is 2.69 bits per heavy atom. The quantitative estimate of drug-likeness (QED) is 0.406. The molecule has 1 aromatic heterocycles. The van der Waals surface area contributed by atoms with E-state index in [1.165, 1.54) is 0 Å². The maximum absolute atomic E-state index is 12.2. The molecule has 0 bridgehead atoms. The average molecular weight is 499 g/mol. The molecule has 9 heteroatoms. The number of carbonyl (C=O) groups is 2. The van der Waals surface area contributed by atoms with Gasteiger partial charge in [0.2, 0.25) is 0 Å². The zero-order valence-corrected chi connectivity index (χ0v) is 20.1. The molecule has 4 rings (SSSR count). The smallest absolute Gasteiger partial charge is 0.407 e. The maximum Gasteiger partial charge on any atom is 0.407 e. The Balaban J connectivity index is 1.35. The highest BCUT2D eigenvalue weighted by molar-refractivity contribution is 6.31. The number of carbonyl (C=O) groups excluding carboxylic acids is 1. The van der Waals surface area contributed by atoms with E-state index < -0.39 is 12.1 Å². The summed E-state index contributed by atoms with van der Waals surface area (Å²) in [7, 11) is 0. The Bertz CT molecular complexity index is 1180. The third-order valence-corrected chi connectivity index (χ3v) is 6.47. The van der Waals surface area contributed by atoms with Gasteiger partial charge in [-0.3, -0.25) is 4.79 Å². The zero-order chi connectivity index (χ0) is 24.8. The average Bonchev–Trinajstić information content (AvgIpc) is 3.23. The van der Waals surface area contributed by atoms with E-state index in [0.717, 1.165) is 29.5 Å². The van der Waals surface area contributed by atoms with Crippen LogP contribution in [0.2, 0.25) is 5.02 Å². The third-order valence-electron chi connectivity index (χ3n) is 6.11. The number of nitrogens with one attached hydrogen (secondary N) is 1. The molecule has 1 saturated carbocycles. The highest BCUT2D eigenvalue weighted by Crippen LogP contribution is 2.31. The summed E-state index contributed by atoms with van der Waals surface area (Å²) < 4.78 is 16.8. The van der Waals surface area contributed by atoms with E-state index in [1.807, 2.05) is 36.4 Å². The summed E-state index contributed by atoms with van der Waals surface area (Å²) in [5, 5.41) is 16.6. The predicted octanol–water partition coefficient (Wildman–Crippen LogP) is 5.75. The molecule has 0 aliphatic heterocycles. The lowest BCUT2D eigenvalue weighted by atomic mass is 9.87. The van der Waals surface area contributed by atoms with Crippen molar-refractivity contribution < 1.29 is 28.7 Å². The van der Waals surface area contributed by atoms with Gasteiger partial charge < -0.3 is 24.4 Å². The van der Waals surface area contributed by atoms with Gasteiger partial charge in [-0.2, -0.15) is 0 Å². The van der Waals surface area contributed by atoms with Crippen molar-refractivity contribution in [2.45, 2.75) is 51.9 Å². The van der Waals surface area contributed by atoms with Gasteiger partial charge in [-0.25, -0.2) is 4.79 Å². The molecule has 2 aromatic carbocycles. The molecule has 35 heavy (non-hydrogen) atoms. The van der Waals surface area contributed by atoms with Crippen molar-refractivity contribution in [2.24, 2.45) is 5.92 Å². The number of amides is 1. The van der Waals surface area contributed by atoms with Crippen LogP contribution in [0.4, 0.5) is 4.79 Å². The van der Waals surface area contributed by atoms with Crippen LogP contribution in [0.15, 0.2) is 53.1 Å². The summed E-state index contributed by atoms with van der Waals surface area (Å²) in [6, 6.07) is 14.5. The molecular weight excluding hydrogens is 472 g/mol. The second kappa shape index (κ2) is 11.3. The summed E-state index contributed by atoms with van der Waals surface area (Å²) in [5.74, 6) is 0.104. The molecule has 1 heterocycles. The Hall–Kier alpha value is -3.52. The van der Waals surface area contributed by atoms with Crippen LogP contribution in [0.3, 0.4) is 0 Å². The lowest BCUT2D eigenvalue weighted by molar-refractivity contribution is -0.143. The number of benzene rings is 2. The summed E-state index contributed by atoms with van der Waals surface area (Å²) >= 11 is 6.10. The van der Waals surface area contributed by atoms with Crippen molar-refractivity contribution in [2.75, 3.05) is 0 Å². The highest BCUT2D eigenvalue weighted by Gasteiger charge is 2.28. The molecule has 0 spiro atoms. The Morgan fingerprint density at radius 1 is 1.17 bits per heavy atom. The minimum Gasteiger partial charge on any atom is -0.490 e. The van der Waals surface area contributed by atoms with Crippen molar-refractivity contribution in [3.63, 3.8) is 0 Å². The normalized spacial score (nSPS) is 17.5. The first-order valence-electron chi connectivity index (χ1n) is 11.5. The number of ether oxygens (including phenoxy) is 2. The second-order valence-corrected chi connectivity index (χ2v) is 8.97. The van der Waals surface area contributed by atoms with Crippen molar-refractivity contribution in [3.05, 3.63) is 70.4 Å². The molecular formula is C26H27ClN2O6. The molecule has 2 atom stereocenters. The molecule has 1 aliphatic rings. The fourth-order valence-corrected chi connectivity index (χ4v) is 4.34. The summed E-state index contributed by atoms with van der Waals surface area (Å²) in [5.41, 5.74) is 2.91. The lowest BCUT2D eigenvalue weighted by Crippen LogP contribution is -2.29. The fourth-order valence-electron chi connectivity index (χ4n) is 4.15. The first-order chi connectivity index (χ1) is 16.9. The van der Waals surface area contributed by atoms with E-state index in [9.17, 15) is 14.7 Å². The van der Waals surface area contributed by atoms with Gasteiger partial charge in [-0.15, -0.1) is 0 Å². The standard InChI is InChI=1S/C26H27ClN2O6/c1-16-22(14-28-26(32)33-15-19-5-2-3-8-23(19)27)24(35-29-16)17-9-11-20(12-10-17)34-21-7-4-6-18(13-21)25(30)31/h2-3,5,8-12,18,21H,4,6-7,13-15H2,1H3,(H,28,32)(H,30,31)/t18-,21-/m1/s1. The van der Waals surface area contributed by atoms with E-state index in [2.05, 4.69) is 10.5 Å². The third kappa shape index (κ3) is 6.33. The number of hydrogen-bond acceptors (Lipinski definition) is 6. The monoisotopic (exact) mass is 498 g/mol. The van der Waals surface area contributed by atoms with E-state index in [-0.39, 0.29) is 25.2 Å². The van der Waals surface area contributed by atoms with Crippen LogP contribution >= 0.6 is 11.6 Å². The van der Waals surface area contributed by atoms with Gasteiger partial charge in [0.05, 0.1) is 24.3 Å². The number of aryl methyl sites for hydroxylation is 1. The molecule has 0 unspecified atom stereocenters. The molecule has 8 nitrogen and oxygen atoms in total. The fraction of sp³-hybridized carbons (Fsp3) is 0.346. The molecule has 1 fully saturated rings. The molecule has 2 N–H and O–H groups in total. The first kappa shape index (κ1) is 24.6. The van der Waals surface area contributed by atoms with Gasteiger partial charge in [0, 0.05) is 21.7 Å². The molecule has 0 radical (unpaired) electrons. The Kier molecular flexibility index (Phi) is 7.92. The van der Waals surface area contributed by atoms with Crippen LogP contribution in [-0.4, -0.2) is 28.4 Å². The van der Waals surface area contributed by atoms with Crippen LogP contribution in [-0.2, 0) is 22.7 Å². The Labute approximate surface area is 208 Å². The van der Waals surface area contributed by atoms with E-state index in [1.54, 1.807) is 19.1 Å². The van der Waals surface area contributed by atoms with E-state index in [0.29, 0.717) is 35.1 Å².